The van der Waals surface area contributed by atoms with E-state index in [4.69, 9.17) is 4.98 Å². The van der Waals surface area contributed by atoms with Crippen LogP contribution in [0, 0.1) is 0 Å². The van der Waals surface area contributed by atoms with Crippen molar-refractivity contribution in [1.29, 1.82) is 0 Å². The summed E-state index contributed by atoms with van der Waals surface area (Å²) in [6.07, 6.45) is 6.91. The monoisotopic (exact) mass is 741 g/mol. The molecule has 2 atom stereocenters. The number of rotatable bonds is 4. The van der Waals surface area contributed by atoms with E-state index in [-0.39, 0.29) is 12.0 Å². The molecule has 2 unspecified atom stereocenters. The predicted octanol–water partition coefficient (Wildman–Crippen LogP) is 13.1. The Morgan fingerprint density at radius 3 is 1.52 bits per heavy atom. The maximum atomic E-state index is 5.59. The molecule has 0 bridgehead atoms. The molecule has 58 heavy (non-hydrogen) atoms. The Kier molecular flexibility index (Phi) is 6.50. The molecule has 0 spiro atoms. The Morgan fingerprint density at radius 2 is 0.862 bits per heavy atom. The van der Waals surface area contributed by atoms with Crippen molar-refractivity contribution in [2.45, 2.75) is 12.0 Å². The summed E-state index contributed by atoms with van der Waals surface area (Å²) in [7, 11) is 0. The third-order valence-electron chi connectivity index (χ3n) is 12.6. The van der Waals surface area contributed by atoms with Crippen molar-refractivity contribution < 1.29 is 0 Å². The van der Waals surface area contributed by atoms with Gasteiger partial charge in [-0.3, -0.25) is 4.57 Å². The minimum absolute atomic E-state index is 0.0418. The van der Waals surface area contributed by atoms with Crippen molar-refractivity contribution in [3.8, 4) is 11.5 Å². The van der Waals surface area contributed by atoms with Crippen LogP contribution in [-0.4, -0.2) is 24.7 Å². The first kappa shape index (κ1) is 31.6. The van der Waals surface area contributed by atoms with E-state index in [0.717, 1.165) is 28.4 Å². The number of hydrogen-bond acceptors (Lipinski definition) is 2. The van der Waals surface area contributed by atoms with Crippen LogP contribution < -0.4 is 4.90 Å². The molecular formula is C53H35N5. The number of hydrogen-bond donors (Lipinski definition) is 0. The molecular weight excluding hydrogens is 707 g/mol. The Hall–Kier alpha value is -7.63. The Balaban J connectivity index is 0.994. The zero-order chi connectivity index (χ0) is 37.9. The van der Waals surface area contributed by atoms with Crippen LogP contribution in [0.15, 0.2) is 200 Å². The molecule has 5 nitrogen and oxygen atoms in total. The van der Waals surface area contributed by atoms with Crippen LogP contribution in [0.25, 0.3) is 82.6 Å². The van der Waals surface area contributed by atoms with E-state index in [1.54, 1.807) is 0 Å². The lowest BCUT2D eigenvalue weighted by molar-refractivity contribution is 0.729. The number of aromatic nitrogens is 4. The van der Waals surface area contributed by atoms with E-state index in [2.05, 4.69) is 219 Å². The molecule has 0 radical (unpaired) electrons. The van der Waals surface area contributed by atoms with Crippen molar-refractivity contribution in [2.24, 2.45) is 0 Å². The average Bonchev–Trinajstić information content (AvgIpc) is 4.02. The first-order valence-electron chi connectivity index (χ1n) is 20.1. The molecule has 0 saturated carbocycles. The Bertz CT molecular complexity index is 3450. The van der Waals surface area contributed by atoms with Crippen LogP contribution in [0.3, 0.4) is 0 Å². The number of nitrogens with zero attached hydrogens (tertiary/aromatic N) is 5. The van der Waals surface area contributed by atoms with Crippen molar-refractivity contribution in [2.75, 3.05) is 4.90 Å². The van der Waals surface area contributed by atoms with E-state index < -0.39 is 0 Å². The molecule has 4 aromatic heterocycles. The van der Waals surface area contributed by atoms with Gasteiger partial charge in [0.05, 0.1) is 50.7 Å². The predicted molar refractivity (Wildman–Crippen MR) is 241 cm³/mol. The van der Waals surface area contributed by atoms with Gasteiger partial charge in [-0.05, 0) is 72.3 Å². The lowest BCUT2D eigenvalue weighted by Gasteiger charge is -2.31. The van der Waals surface area contributed by atoms with Crippen LogP contribution >= 0.6 is 0 Å². The summed E-state index contributed by atoms with van der Waals surface area (Å²) < 4.78 is 7.28. The van der Waals surface area contributed by atoms with E-state index in [1.165, 1.54) is 71.3 Å². The van der Waals surface area contributed by atoms with E-state index in [9.17, 15) is 0 Å². The van der Waals surface area contributed by atoms with E-state index in [0.29, 0.717) is 0 Å². The fourth-order valence-corrected chi connectivity index (χ4v) is 10.3. The summed E-state index contributed by atoms with van der Waals surface area (Å²) in [5.74, 6) is 1.92. The van der Waals surface area contributed by atoms with Crippen LogP contribution in [0.2, 0.25) is 0 Å². The van der Waals surface area contributed by atoms with E-state index >= 15 is 0 Å². The molecule has 1 aliphatic carbocycles. The quantitative estimate of drug-likeness (QED) is 0.180. The summed E-state index contributed by atoms with van der Waals surface area (Å²) >= 11 is 0. The molecule has 0 amide bonds. The standard InChI is InChI=1S/C53H35N5/c1-7-22-40-34(16-1)35-17-2-8-23-41(35)55(40)46-28-13-30-48-52(46)38-20-5-11-26-44(38)57(48)50-32-15-33-51(54-50)58-45-27-12-6-21-39(45)53-47(29-14-31-49(53)58)56-42-24-9-3-18-36(42)37-19-4-10-25-43(37)56/h1-33,48,52H. The molecule has 5 heterocycles. The van der Waals surface area contributed by atoms with Gasteiger partial charge >= 0.3 is 0 Å². The number of anilines is 2. The summed E-state index contributed by atoms with van der Waals surface area (Å²) in [6, 6.07) is 66.0. The lowest BCUT2D eigenvalue weighted by atomic mass is 9.88. The van der Waals surface area contributed by atoms with Gasteiger partial charge in [0, 0.05) is 43.7 Å². The van der Waals surface area contributed by atoms with Gasteiger partial charge in [-0.1, -0.05) is 133 Å². The summed E-state index contributed by atoms with van der Waals surface area (Å²) in [6.45, 7) is 0. The molecule has 1 aliphatic heterocycles. The third kappa shape index (κ3) is 4.22. The topological polar surface area (TPSA) is 30.9 Å². The minimum atomic E-state index is 0.0418. The summed E-state index contributed by atoms with van der Waals surface area (Å²) in [5, 5.41) is 7.46. The smallest absolute Gasteiger partial charge is 0.140 e. The number of pyridine rings is 1. The molecule has 7 aromatic carbocycles. The van der Waals surface area contributed by atoms with E-state index in [1.807, 2.05) is 0 Å². The second-order valence-electron chi connectivity index (χ2n) is 15.5. The lowest BCUT2D eigenvalue weighted by Crippen LogP contribution is -2.31. The van der Waals surface area contributed by atoms with Crippen molar-refractivity contribution in [3.63, 3.8) is 0 Å². The van der Waals surface area contributed by atoms with Gasteiger partial charge in [-0.25, -0.2) is 4.98 Å². The highest BCUT2D eigenvalue weighted by Crippen LogP contribution is 2.52. The zero-order valence-electron chi connectivity index (χ0n) is 31.4. The van der Waals surface area contributed by atoms with Gasteiger partial charge in [-0.15, -0.1) is 0 Å². The molecule has 0 fully saturated rings. The maximum absolute atomic E-state index is 5.59. The van der Waals surface area contributed by atoms with Crippen LogP contribution in [-0.2, 0) is 0 Å². The summed E-state index contributed by atoms with van der Waals surface area (Å²) in [5.41, 5.74) is 12.0. The first-order valence-corrected chi connectivity index (χ1v) is 20.1. The largest absolute Gasteiger partial charge is 0.318 e. The van der Waals surface area contributed by atoms with Crippen LogP contribution in [0.5, 0.6) is 0 Å². The second-order valence-corrected chi connectivity index (χ2v) is 15.5. The van der Waals surface area contributed by atoms with Crippen molar-refractivity contribution >= 4 is 82.6 Å². The number of allylic oxidation sites excluding steroid dienone is 2. The summed E-state index contributed by atoms with van der Waals surface area (Å²) in [4.78, 5) is 8.05. The van der Waals surface area contributed by atoms with Crippen molar-refractivity contribution in [3.05, 3.63) is 206 Å². The second kappa shape index (κ2) is 11.9. The number of para-hydroxylation sites is 6. The molecule has 2 aliphatic rings. The molecule has 5 heteroatoms. The molecule has 11 aromatic rings. The van der Waals surface area contributed by atoms with Gasteiger partial charge in [-0.2, -0.15) is 0 Å². The Labute approximate surface area is 334 Å². The molecule has 13 rings (SSSR count). The highest BCUT2D eigenvalue weighted by Gasteiger charge is 2.42. The molecule has 0 saturated heterocycles. The van der Waals surface area contributed by atoms with Crippen molar-refractivity contribution in [1.82, 2.24) is 18.7 Å². The number of fused-ring (bicyclic) bond motifs is 12. The zero-order valence-corrected chi connectivity index (χ0v) is 31.4. The fraction of sp³-hybridized carbons (Fsp3) is 0.0377. The third-order valence-corrected chi connectivity index (χ3v) is 12.6. The average molecular weight is 742 g/mol. The highest BCUT2D eigenvalue weighted by atomic mass is 15.3. The van der Waals surface area contributed by atoms with Gasteiger partial charge in [0.2, 0.25) is 0 Å². The van der Waals surface area contributed by atoms with Crippen LogP contribution in [0.1, 0.15) is 11.5 Å². The normalized spacial score (nSPS) is 16.3. The maximum Gasteiger partial charge on any atom is 0.140 e. The van der Waals surface area contributed by atoms with Gasteiger partial charge in [0.25, 0.3) is 0 Å². The SMILES string of the molecule is C1=CC2C(C(n3c4ccccc4c4ccccc43)=C1)c1ccccc1N2c1cccc(-n2c3ccccc3c3c(-n4c5ccccc5c5ccccc54)cccc32)n1. The van der Waals surface area contributed by atoms with Gasteiger partial charge < -0.3 is 14.0 Å². The molecule has 272 valence electrons. The fourth-order valence-electron chi connectivity index (χ4n) is 10.3. The van der Waals surface area contributed by atoms with Gasteiger partial charge in [0.1, 0.15) is 11.6 Å². The first-order chi connectivity index (χ1) is 28.8. The minimum Gasteiger partial charge on any atom is -0.318 e. The number of benzene rings is 7. The van der Waals surface area contributed by atoms with Gasteiger partial charge in [0.15, 0.2) is 0 Å². The Morgan fingerprint density at radius 1 is 0.379 bits per heavy atom. The molecule has 0 N–H and O–H groups in total. The highest BCUT2D eigenvalue weighted by molar-refractivity contribution is 6.16. The van der Waals surface area contributed by atoms with Crippen LogP contribution in [0.4, 0.5) is 11.5 Å².